The highest BCUT2D eigenvalue weighted by atomic mass is 31.2. The first-order valence-corrected chi connectivity index (χ1v) is 32.2. The molecule has 0 aliphatic carbocycles. The van der Waals surface area contributed by atoms with Crippen LogP contribution in [-0.4, -0.2) is 49.3 Å². The molecule has 0 saturated heterocycles. The number of esters is 2. The van der Waals surface area contributed by atoms with E-state index in [0.29, 0.717) is 6.42 Å². The molecule has 9 nitrogen and oxygen atoms in total. The van der Waals surface area contributed by atoms with E-state index in [0.717, 1.165) is 128 Å². The highest BCUT2D eigenvalue weighted by Crippen LogP contribution is 2.43. The maximum absolute atomic E-state index is 12.7. The van der Waals surface area contributed by atoms with Gasteiger partial charge in [0.1, 0.15) is 6.61 Å². The van der Waals surface area contributed by atoms with Gasteiger partial charge >= 0.3 is 19.8 Å². The van der Waals surface area contributed by atoms with Crippen LogP contribution in [0.4, 0.5) is 0 Å². The van der Waals surface area contributed by atoms with Crippen LogP contribution in [0, 0.1) is 0 Å². The van der Waals surface area contributed by atoms with Crippen LogP contribution in [0.2, 0.25) is 0 Å². The normalized spacial score (nSPS) is 14.0. The number of hydrogen-bond acceptors (Lipinski definition) is 8. The molecule has 0 heterocycles. The van der Waals surface area contributed by atoms with Gasteiger partial charge in [-0.05, 0) is 109 Å². The average Bonchev–Trinajstić information content (AvgIpc) is 3.42. The van der Waals surface area contributed by atoms with Gasteiger partial charge < -0.3 is 20.1 Å². The van der Waals surface area contributed by atoms with E-state index in [-0.39, 0.29) is 38.6 Å². The first-order valence-electron chi connectivity index (χ1n) is 30.7. The van der Waals surface area contributed by atoms with Crippen LogP contribution in [0.25, 0.3) is 0 Å². The number of unbranched alkanes of at least 4 members (excludes halogenated alkanes) is 21. The molecule has 0 amide bonds. The molecular weight excluding hydrogens is 978 g/mol. The Hall–Kier alpha value is -3.85. The molecule has 0 bridgehead atoms. The van der Waals surface area contributed by atoms with Gasteiger partial charge in [-0.3, -0.25) is 18.6 Å². The minimum absolute atomic E-state index is 0.0458. The number of carbonyl (C=O) groups excluding carboxylic acids is 2. The first-order chi connectivity index (χ1) is 37.8. The summed E-state index contributed by atoms with van der Waals surface area (Å²) < 4.78 is 33.1. The number of ether oxygens (including phenoxy) is 2. The smallest absolute Gasteiger partial charge is 0.462 e. The third kappa shape index (κ3) is 61.2. The van der Waals surface area contributed by atoms with Crippen molar-refractivity contribution in [3.05, 3.63) is 134 Å². The van der Waals surface area contributed by atoms with Gasteiger partial charge in [0, 0.05) is 19.4 Å². The molecule has 0 saturated carbocycles. The van der Waals surface area contributed by atoms with Crippen molar-refractivity contribution in [1.82, 2.24) is 0 Å². The van der Waals surface area contributed by atoms with Crippen molar-refractivity contribution >= 4 is 19.8 Å². The SMILES string of the molecule is CC/C=C\C/C=C\C/C=C\C/C=C\C/C=C\C/C=C\CCCCCCCCCCCCC(=O)OC(COC(=O)CCCCCCCCCCCCC/C=C\C/C=C\C/C=C\C/C=C\C/C=C\CC)COP(=O)(O)OCCN. The Balaban J connectivity index is 4.00. The van der Waals surface area contributed by atoms with E-state index < -0.39 is 26.5 Å². The van der Waals surface area contributed by atoms with E-state index >= 15 is 0 Å². The van der Waals surface area contributed by atoms with Crippen molar-refractivity contribution in [2.45, 2.75) is 251 Å². The van der Waals surface area contributed by atoms with Gasteiger partial charge in [-0.1, -0.05) is 257 Å². The van der Waals surface area contributed by atoms with Gasteiger partial charge in [-0.25, -0.2) is 4.57 Å². The minimum atomic E-state index is -4.40. The van der Waals surface area contributed by atoms with Crippen LogP contribution in [-0.2, 0) is 32.7 Å². The molecule has 0 aromatic carbocycles. The lowest BCUT2D eigenvalue weighted by Gasteiger charge is -2.19. The number of nitrogens with two attached hydrogens (primary N) is 1. The molecule has 10 heteroatoms. The summed E-state index contributed by atoms with van der Waals surface area (Å²) in [7, 11) is -4.40. The average molecular weight is 1090 g/mol. The Morgan fingerprint density at radius 2 is 0.675 bits per heavy atom. The van der Waals surface area contributed by atoms with Crippen molar-refractivity contribution in [3.63, 3.8) is 0 Å². The van der Waals surface area contributed by atoms with E-state index in [1.54, 1.807) is 0 Å². The molecule has 0 spiro atoms. The molecule has 0 fully saturated rings. The predicted molar refractivity (Wildman–Crippen MR) is 330 cm³/mol. The molecule has 438 valence electrons. The zero-order valence-electron chi connectivity index (χ0n) is 48.9. The fourth-order valence-corrected chi connectivity index (χ4v) is 8.84. The molecule has 0 radical (unpaired) electrons. The van der Waals surface area contributed by atoms with Crippen LogP contribution < -0.4 is 5.73 Å². The van der Waals surface area contributed by atoms with Gasteiger partial charge in [-0.2, -0.15) is 0 Å². The van der Waals surface area contributed by atoms with Gasteiger partial charge in [0.05, 0.1) is 13.2 Å². The quantitative estimate of drug-likeness (QED) is 0.0264. The van der Waals surface area contributed by atoms with E-state index in [2.05, 4.69) is 148 Å². The summed E-state index contributed by atoms with van der Waals surface area (Å²) >= 11 is 0. The maximum Gasteiger partial charge on any atom is 0.472 e. The zero-order valence-corrected chi connectivity index (χ0v) is 49.8. The summed E-state index contributed by atoms with van der Waals surface area (Å²) in [6.07, 6.45) is 86.5. The molecule has 0 aromatic heterocycles. The van der Waals surface area contributed by atoms with Gasteiger partial charge in [0.2, 0.25) is 0 Å². The van der Waals surface area contributed by atoms with Gasteiger partial charge in [-0.15, -0.1) is 0 Å². The van der Waals surface area contributed by atoms with Crippen LogP contribution in [0.5, 0.6) is 0 Å². The lowest BCUT2D eigenvalue weighted by Crippen LogP contribution is -2.29. The van der Waals surface area contributed by atoms with Gasteiger partial charge in [0.15, 0.2) is 6.10 Å². The Labute approximate surface area is 472 Å². The van der Waals surface area contributed by atoms with E-state index in [4.69, 9.17) is 24.3 Å². The Morgan fingerprint density at radius 3 is 1.00 bits per heavy atom. The second-order valence-electron chi connectivity index (χ2n) is 19.8. The third-order valence-electron chi connectivity index (χ3n) is 12.5. The number of hydrogen-bond donors (Lipinski definition) is 2. The third-order valence-corrected chi connectivity index (χ3v) is 13.5. The Morgan fingerprint density at radius 1 is 0.390 bits per heavy atom. The standard InChI is InChI=1S/C67H112NO8P/c1-3-5-7-9-11-13-15-17-19-21-23-25-27-29-31-32-34-36-38-40-42-44-46-48-50-52-54-56-58-60-67(70)76-65(64-75-77(71,72)74-62-61-68)63-73-66(69)59-57-55-53-51-49-47-45-43-41-39-37-35-33-30-28-26-24-22-20-18-16-14-12-10-8-6-4-2/h5-8,11-14,17-20,23-26,29-31,33-34,36,65H,3-4,9-10,15-16,21-22,27-28,32,35,37-64,68H2,1-2H3,(H,71,72)/b7-5-,8-6-,13-11-,14-12-,19-17-,20-18-,25-23-,26-24-,31-29-,33-30-,36-34-. The lowest BCUT2D eigenvalue weighted by atomic mass is 10.0. The molecule has 3 N–H and O–H groups in total. The second-order valence-corrected chi connectivity index (χ2v) is 21.3. The molecule has 0 aliphatic rings. The summed E-state index contributed by atoms with van der Waals surface area (Å²) in [4.78, 5) is 35.3. The number of rotatable bonds is 56. The first kappa shape index (κ1) is 73.2. The topological polar surface area (TPSA) is 134 Å². The largest absolute Gasteiger partial charge is 0.472 e. The minimum Gasteiger partial charge on any atom is -0.462 e. The van der Waals surface area contributed by atoms with Crippen LogP contribution in [0.3, 0.4) is 0 Å². The van der Waals surface area contributed by atoms with Gasteiger partial charge in [0.25, 0.3) is 0 Å². The Kier molecular flexibility index (Phi) is 58.3. The summed E-state index contributed by atoms with van der Waals surface area (Å²) in [5, 5.41) is 0. The van der Waals surface area contributed by atoms with E-state index in [9.17, 15) is 19.0 Å². The van der Waals surface area contributed by atoms with Crippen molar-refractivity contribution in [2.24, 2.45) is 5.73 Å². The molecule has 77 heavy (non-hydrogen) atoms. The second kappa shape index (κ2) is 61.4. The maximum atomic E-state index is 12.7. The molecule has 2 atom stereocenters. The summed E-state index contributed by atoms with van der Waals surface area (Å²) in [6, 6.07) is 0. The van der Waals surface area contributed by atoms with E-state index in [1.807, 2.05) is 0 Å². The van der Waals surface area contributed by atoms with Crippen molar-refractivity contribution in [3.8, 4) is 0 Å². The summed E-state index contributed by atoms with van der Waals surface area (Å²) in [6.45, 7) is 3.51. The molecule has 0 rings (SSSR count). The summed E-state index contributed by atoms with van der Waals surface area (Å²) in [5.74, 6) is -0.841. The molecule has 2 unspecified atom stereocenters. The molecular formula is C67H112NO8P. The van der Waals surface area contributed by atoms with Crippen molar-refractivity contribution in [2.75, 3.05) is 26.4 Å². The Bertz CT molecular complexity index is 1720. The fraction of sp³-hybridized carbons (Fsp3) is 0.642. The van der Waals surface area contributed by atoms with Crippen LogP contribution in [0.15, 0.2) is 134 Å². The van der Waals surface area contributed by atoms with E-state index in [1.165, 1.54) is 83.5 Å². The monoisotopic (exact) mass is 1090 g/mol. The lowest BCUT2D eigenvalue weighted by molar-refractivity contribution is -0.161. The fourth-order valence-electron chi connectivity index (χ4n) is 8.08. The predicted octanol–water partition coefficient (Wildman–Crippen LogP) is 19.7. The summed E-state index contributed by atoms with van der Waals surface area (Å²) in [5.41, 5.74) is 5.39. The number of carbonyl (C=O) groups is 2. The number of allylic oxidation sites excluding steroid dienone is 22. The zero-order chi connectivity index (χ0) is 55.9. The number of phosphoric acid groups is 1. The highest BCUT2D eigenvalue weighted by Gasteiger charge is 2.26. The molecule has 0 aliphatic heterocycles. The highest BCUT2D eigenvalue weighted by molar-refractivity contribution is 7.47. The van der Waals surface area contributed by atoms with Crippen molar-refractivity contribution in [1.29, 1.82) is 0 Å². The van der Waals surface area contributed by atoms with Crippen LogP contribution in [0.1, 0.15) is 245 Å². The van der Waals surface area contributed by atoms with Crippen LogP contribution >= 0.6 is 7.82 Å². The molecule has 0 aromatic rings. The van der Waals surface area contributed by atoms with Crippen molar-refractivity contribution < 1.29 is 37.6 Å². The number of phosphoric ester groups is 1.